The number of benzene rings is 1. The van der Waals surface area contributed by atoms with Crippen LogP contribution in [0, 0.1) is 0 Å². The molecule has 0 spiro atoms. The second-order valence-corrected chi connectivity index (χ2v) is 5.92. The molecule has 0 saturated heterocycles. The van der Waals surface area contributed by atoms with Gasteiger partial charge in [-0.3, -0.25) is 19.4 Å². The lowest BCUT2D eigenvalue weighted by molar-refractivity contribution is -0.122. The third-order valence-corrected chi connectivity index (χ3v) is 4.06. The normalized spacial score (nSPS) is 13.0. The van der Waals surface area contributed by atoms with E-state index in [-0.39, 0.29) is 37.2 Å². The summed E-state index contributed by atoms with van der Waals surface area (Å²) in [5.41, 5.74) is 1.78. The summed E-state index contributed by atoms with van der Waals surface area (Å²) in [7, 11) is 0. The van der Waals surface area contributed by atoms with Gasteiger partial charge in [0.05, 0.1) is 17.9 Å². The van der Waals surface area contributed by atoms with Crippen molar-refractivity contribution in [1.82, 2.24) is 10.3 Å². The maximum absolute atomic E-state index is 12.2. The predicted molar refractivity (Wildman–Crippen MR) is 95.0 cm³/mol. The topological polar surface area (TPSA) is 88.6 Å². The van der Waals surface area contributed by atoms with Crippen LogP contribution in [-0.4, -0.2) is 35.7 Å². The van der Waals surface area contributed by atoms with Crippen LogP contribution in [-0.2, 0) is 16.1 Å². The molecule has 1 aliphatic rings. The largest absolute Gasteiger partial charge is 0.482 e. The zero-order valence-electron chi connectivity index (χ0n) is 14.4. The molecule has 7 nitrogen and oxygen atoms in total. The molecular formula is C19H19N3O4. The van der Waals surface area contributed by atoms with E-state index in [1.807, 2.05) is 18.2 Å². The van der Waals surface area contributed by atoms with Crippen LogP contribution in [0.2, 0.25) is 0 Å². The molecule has 0 aliphatic carbocycles. The SMILES string of the molecule is CC(=O)c1ccc2c(c1)N(CCC(=O)NCc1ccccn1)C(=O)CO2. The van der Waals surface area contributed by atoms with Gasteiger partial charge in [0, 0.05) is 24.7 Å². The summed E-state index contributed by atoms with van der Waals surface area (Å²) in [5.74, 6) is 0.0114. The third-order valence-electron chi connectivity index (χ3n) is 4.06. The van der Waals surface area contributed by atoms with Crippen molar-refractivity contribution in [3.8, 4) is 5.75 Å². The van der Waals surface area contributed by atoms with Crippen LogP contribution in [0.15, 0.2) is 42.6 Å². The Morgan fingerprint density at radius 2 is 2.12 bits per heavy atom. The predicted octanol–water partition coefficient (Wildman–Crippen LogP) is 1.72. The van der Waals surface area contributed by atoms with Gasteiger partial charge in [-0.2, -0.15) is 0 Å². The molecule has 0 atom stereocenters. The first-order valence-electron chi connectivity index (χ1n) is 8.29. The molecule has 0 bridgehead atoms. The minimum atomic E-state index is -0.240. The van der Waals surface area contributed by atoms with Crippen molar-refractivity contribution in [2.45, 2.75) is 19.9 Å². The number of fused-ring (bicyclic) bond motifs is 1. The number of nitrogens with one attached hydrogen (secondary N) is 1. The van der Waals surface area contributed by atoms with Crippen molar-refractivity contribution < 1.29 is 19.1 Å². The van der Waals surface area contributed by atoms with Crippen molar-refractivity contribution in [3.63, 3.8) is 0 Å². The maximum Gasteiger partial charge on any atom is 0.265 e. The molecule has 3 rings (SSSR count). The zero-order valence-corrected chi connectivity index (χ0v) is 14.4. The molecule has 0 unspecified atom stereocenters. The number of hydrogen-bond acceptors (Lipinski definition) is 5. The number of aromatic nitrogens is 1. The maximum atomic E-state index is 12.2. The Bertz CT molecular complexity index is 836. The van der Waals surface area contributed by atoms with E-state index in [1.165, 1.54) is 11.8 Å². The number of carbonyl (C=O) groups is 3. The van der Waals surface area contributed by atoms with E-state index < -0.39 is 0 Å². The van der Waals surface area contributed by atoms with Gasteiger partial charge in [0.15, 0.2) is 12.4 Å². The summed E-state index contributed by atoms with van der Waals surface area (Å²) >= 11 is 0. The smallest absolute Gasteiger partial charge is 0.265 e. The number of pyridine rings is 1. The van der Waals surface area contributed by atoms with Crippen LogP contribution in [0.5, 0.6) is 5.75 Å². The van der Waals surface area contributed by atoms with E-state index >= 15 is 0 Å². The number of amides is 2. The molecule has 2 amide bonds. The van der Waals surface area contributed by atoms with E-state index in [0.717, 1.165) is 5.69 Å². The summed E-state index contributed by atoms with van der Waals surface area (Å²) in [6.07, 6.45) is 1.81. The highest BCUT2D eigenvalue weighted by molar-refractivity contribution is 6.01. The average molecular weight is 353 g/mol. The first-order chi connectivity index (χ1) is 12.5. The Morgan fingerprint density at radius 1 is 1.27 bits per heavy atom. The van der Waals surface area contributed by atoms with Gasteiger partial charge >= 0.3 is 0 Å². The van der Waals surface area contributed by atoms with Gasteiger partial charge in [0.25, 0.3) is 5.91 Å². The Morgan fingerprint density at radius 3 is 2.85 bits per heavy atom. The molecule has 1 aliphatic heterocycles. The van der Waals surface area contributed by atoms with E-state index in [2.05, 4.69) is 10.3 Å². The number of Topliss-reactive ketones (excluding diaryl/α,β-unsaturated/α-hetero) is 1. The monoisotopic (exact) mass is 353 g/mol. The first kappa shape index (κ1) is 17.6. The highest BCUT2D eigenvalue weighted by atomic mass is 16.5. The molecule has 0 saturated carbocycles. The van der Waals surface area contributed by atoms with Crippen LogP contribution in [0.25, 0.3) is 0 Å². The summed E-state index contributed by atoms with van der Waals surface area (Å²) in [5, 5.41) is 2.78. The number of rotatable bonds is 6. The van der Waals surface area contributed by atoms with E-state index in [1.54, 1.807) is 24.4 Å². The lowest BCUT2D eigenvalue weighted by Crippen LogP contribution is -2.41. The van der Waals surface area contributed by atoms with Crippen LogP contribution in [0.1, 0.15) is 29.4 Å². The molecule has 2 aromatic rings. The number of anilines is 1. The summed E-state index contributed by atoms with van der Waals surface area (Å²) in [6, 6.07) is 10.4. The fraction of sp³-hybridized carbons (Fsp3) is 0.263. The third kappa shape index (κ3) is 4.05. The number of nitrogens with zero attached hydrogens (tertiary/aromatic N) is 2. The van der Waals surface area contributed by atoms with Gasteiger partial charge in [-0.15, -0.1) is 0 Å². The van der Waals surface area contributed by atoms with Crippen LogP contribution >= 0.6 is 0 Å². The Labute approximate surface area is 151 Å². The van der Waals surface area contributed by atoms with Gasteiger partial charge < -0.3 is 15.0 Å². The minimum Gasteiger partial charge on any atom is -0.482 e. The highest BCUT2D eigenvalue weighted by Crippen LogP contribution is 2.33. The number of hydrogen-bond donors (Lipinski definition) is 1. The van der Waals surface area contributed by atoms with E-state index in [4.69, 9.17) is 4.74 Å². The number of ether oxygens (including phenoxy) is 1. The number of ketones is 1. The Balaban J connectivity index is 1.64. The van der Waals surface area contributed by atoms with Gasteiger partial charge in [0.2, 0.25) is 5.91 Å². The van der Waals surface area contributed by atoms with Gasteiger partial charge in [-0.05, 0) is 37.3 Å². The van der Waals surface area contributed by atoms with Crippen molar-refractivity contribution in [3.05, 3.63) is 53.9 Å². The molecule has 1 aromatic carbocycles. The summed E-state index contributed by atoms with van der Waals surface area (Å²) in [6.45, 7) is 1.93. The van der Waals surface area contributed by atoms with Gasteiger partial charge in [0.1, 0.15) is 5.75 Å². The number of carbonyl (C=O) groups excluding carboxylic acids is 3. The minimum absolute atomic E-state index is 0.0814. The first-order valence-corrected chi connectivity index (χ1v) is 8.29. The van der Waals surface area contributed by atoms with Crippen molar-refractivity contribution >= 4 is 23.3 Å². The lowest BCUT2D eigenvalue weighted by Gasteiger charge is -2.29. The van der Waals surface area contributed by atoms with Crippen molar-refractivity contribution in [1.29, 1.82) is 0 Å². The van der Waals surface area contributed by atoms with Crippen LogP contribution in [0.3, 0.4) is 0 Å². The van der Waals surface area contributed by atoms with Crippen LogP contribution in [0.4, 0.5) is 5.69 Å². The standard InChI is InChI=1S/C19H19N3O4/c1-13(23)14-5-6-17-16(10-14)22(19(25)12-26-17)9-7-18(24)21-11-15-4-2-3-8-20-15/h2-6,8,10H,7,9,11-12H2,1H3,(H,21,24). The molecular weight excluding hydrogens is 334 g/mol. The molecule has 1 N–H and O–H groups in total. The molecule has 26 heavy (non-hydrogen) atoms. The zero-order chi connectivity index (χ0) is 18.5. The van der Waals surface area contributed by atoms with Crippen LogP contribution < -0.4 is 15.0 Å². The van der Waals surface area contributed by atoms with E-state index in [9.17, 15) is 14.4 Å². The fourth-order valence-electron chi connectivity index (χ4n) is 2.66. The molecule has 7 heteroatoms. The summed E-state index contributed by atoms with van der Waals surface area (Å²) < 4.78 is 5.40. The lowest BCUT2D eigenvalue weighted by atomic mass is 10.1. The van der Waals surface area contributed by atoms with Gasteiger partial charge in [-0.1, -0.05) is 6.07 Å². The molecule has 0 fully saturated rings. The second kappa shape index (κ2) is 7.77. The quantitative estimate of drug-likeness (QED) is 0.799. The molecule has 134 valence electrons. The average Bonchev–Trinajstić information content (AvgIpc) is 2.66. The van der Waals surface area contributed by atoms with Crippen molar-refractivity contribution in [2.75, 3.05) is 18.1 Å². The molecule has 1 aromatic heterocycles. The highest BCUT2D eigenvalue weighted by Gasteiger charge is 2.26. The van der Waals surface area contributed by atoms with E-state index in [0.29, 0.717) is 23.5 Å². The summed E-state index contributed by atoms with van der Waals surface area (Å²) in [4.78, 5) is 41.5. The molecule has 2 heterocycles. The second-order valence-electron chi connectivity index (χ2n) is 5.92. The molecule has 0 radical (unpaired) electrons. The van der Waals surface area contributed by atoms with Gasteiger partial charge in [-0.25, -0.2) is 0 Å². The Hall–Kier alpha value is -3.22. The Kier molecular flexibility index (Phi) is 5.26. The van der Waals surface area contributed by atoms with Crippen molar-refractivity contribution in [2.24, 2.45) is 0 Å². The fourth-order valence-corrected chi connectivity index (χ4v) is 2.66.